The molecule has 4 rings (SSSR count). The van der Waals surface area contributed by atoms with Crippen LogP contribution in [0.4, 0.5) is 0 Å². The predicted molar refractivity (Wildman–Crippen MR) is 119 cm³/mol. The normalized spacial score (nSPS) is 26.6. The van der Waals surface area contributed by atoms with E-state index >= 15 is 0 Å². The van der Waals surface area contributed by atoms with Gasteiger partial charge in [0, 0.05) is 45.1 Å². The Morgan fingerprint density at radius 3 is 2.56 bits per heavy atom. The lowest BCUT2D eigenvalue weighted by Gasteiger charge is -2.56. The van der Waals surface area contributed by atoms with E-state index in [2.05, 4.69) is 10.2 Å². The third-order valence-corrected chi connectivity index (χ3v) is 6.59. The Hall–Kier alpha value is -3.16. The molecular weight excluding hydrogens is 410 g/mol. The molecule has 3 heterocycles. The summed E-state index contributed by atoms with van der Waals surface area (Å²) in [5, 5.41) is 9.80. The van der Waals surface area contributed by atoms with Crippen molar-refractivity contribution in [1.82, 2.24) is 15.1 Å². The van der Waals surface area contributed by atoms with Crippen molar-refractivity contribution in [2.75, 3.05) is 19.6 Å². The maximum atomic E-state index is 12.9. The fraction of sp³-hybridized carbons (Fsp3) is 0.500. The van der Waals surface area contributed by atoms with Gasteiger partial charge in [0.05, 0.1) is 6.04 Å². The highest BCUT2D eigenvalue weighted by Gasteiger charge is 2.49. The summed E-state index contributed by atoms with van der Waals surface area (Å²) in [6.07, 6.45) is 7.03. The van der Waals surface area contributed by atoms with Crippen molar-refractivity contribution in [3.8, 4) is 0 Å². The van der Waals surface area contributed by atoms with E-state index in [-0.39, 0.29) is 42.2 Å². The van der Waals surface area contributed by atoms with Crippen LogP contribution in [-0.4, -0.2) is 70.8 Å². The first kappa shape index (κ1) is 23.5. The monoisotopic (exact) mass is 441 g/mol. The van der Waals surface area contributed by atoms with Gasteiger partial charge in [-0.3, -0.25) is 19.2 Å². The first-order valence-corrected chi connectivity index (χ1v) is 11.1. The molecular formula is C24H31N3O5. The second-order valence-corrected chi connectivity index (χ2v) is 8.61. The molecule has 4 atom stereocenters. The molecule has 32 heavy (non-hydrogen) atoms. The van der Waals surface area contributed by atoms with Crippen LogP contribution in [0, 0.1) is 11.8 Å². The molecule has 2 bridgehead atoms. The first-order valence-electron chi connectivity index (χ1n) is 11.1. The SMILES string of the molecule is CC(=O)NC[C@H]1[C@H]2C[C@H](CN(C(=O)/C=C/c3ccccc3)C2)[C@@H]2CCCC(=O)N21.O=CO. The molecule has 0 saturated carbocycles. The fourth-order valence-electron chi connectivity index (χ4n) is 5.30. The molecule has 1 aromatic rings. The molecule has 8 heteroatoms. The number of benzene rings is 1. The summed E-state index contributed by atoms with van der Waals surface area (Å²) in [6.45, 7) is 3.06. The van der Waals surface area contributed by atoms with E-state index in [0.29, 0.717) is 32.0 Å². The standard InChI is InChI=1S/C23H29N3O3.CH2O2/c1-16(27)24-13-21-19-12-18(20-8-5-9-23(29)26(20)21)14-25(15-19)22(28)11-10-17-6-3-2-4-7-17;2-1-3/h2-4,6-7,10-11,18-21H,5,8-9,12-15H2,1H3,(H,24,27);1H,(H,2,3)/b11-10+;/t18-,19+,20+,21+;/m1./s1. The minimum Gasteiger partial charge on any atom is -0.483 e. The summed E-state index contributed by atoms with van der Waals surface area (Å²) in [5.41, 5.74) is 1.01. The molecule has 2 N–H and O–H groups in total. The third-order valence-electron chi connectivity index (χ3n) is 6.59. The summed E-state index contributed by atoms with van der Waals surface area (Å²) < 4.78 is 0. The minimum absolute atomic E-state index is 0.0254. The minimum atomic E-state index is -0.250. The highest BCUT2D eigenvalue weighted by atomic mass is 16.3. The Bertz CT molecular complexity index is 856. The van der Waals surface area contributed by atoms with E-state index in [1.807, 2.05) is 41.3 Å². The summed E-state index contributed by atoms with van der Waals surface area (Å²) in [6, 6.07) is 9.97. The first-order chi connectivity index (χ1) is 15.4. The van der Waals surface area contributed by atoms with Crippen LogP contribution in [-0.2, 0) is 19.2 Å². The van der Waals surface area contributed by atoms with Gasteiger partial charge < -0.3 is 20.2 Å². The fourth-order valence-corrected chi connectivity index (χ4v) is 5.30. The summed E-state index contributed by atoms with van der Waals surface area (Å²) in [7, 11) is 0. The Kier molecular flexibility index (Phi) is 8.03. The van der Waals surface area contributed by atoms with E-state index in [4.69, 9.17) is 9.90 Å². The van der Waals surface area contributed by atoms with Crippen LogP contribution in [0.3, 0.4) is 0 Å². The lowest BCUT2D eigenvalue weighted by molar-refractivity contribution is -0.155. The molecule has 3 aliphatic rings. The molecule has 3 fully saturated rings. The van der Waals surface area contributed by atoms with Crippen LogP contribution in [0.15, 0.2) is 36.4 Å². The number of piperidine rings is 3. The molecule has 3 saturated heterocycles. The molecule has 1 aromatic carbocycles. The molecule has 0 spiro atoms. The number of rotatable bonds is 4. The average Bonchev–Trinajstić information content (AvgIpc) is 2.78. The van der Waals surface area contributed by atoms with Crippen molar-refractivity contribution < 1.29 is 24.3 Å². The number of nitrogens with zero attached hydrogens (tertiary/aromatic N) is 2. The zero-order chi connectivity index (χ0) is 23.1. The molecule has 0 aliphatic carbocycles. The highest BCUT2D eigenvalue weighted by Crippen LogP contribution is 2.41. The average molecular weight is 442 g/mol. The molecule has 8 nitrogen and oxygen atoms in total. The van der Waals surface area contributed by atoms with Gasteiger partial charge in [-0.25, -0.2) is 0 Å². The summed E-state index contributed by atoms with van der Waals surface area (Å²) in [5.74, 6) is 0.670. The maximum Gasteiger partial charge on any atom is 0.290 e. The molecule has 0 aromatic heterocycles. The topological polar surface area (TPSA) is 107 Å². The zero-order valence-electron chi connectivity index (χ0n) is 18.4. The predicted octanol–water partition coefficient (Wildman–Crippen LogP) is 1.76. The lowest BCUT2D eigenvalue weighted by Crippen LogP contribution is -2.67. The van der Waals surface area contributed by atoms with Crippen molar-refractivity contribution in [2.45, 2.75) is 44.7 Å². The number of hydrogen-bond acceptors (Lipinski definition) is 4. The Morgan fingerprint density at radius 1 is 1.19 bits per heavy atom. The van der Waals surface area contributed by atoms with Crippen LogP contribution in [0.2, 0.25) is 0 Å². The molecule has 3 amide bonds. The van der Waals surface area contributed by atoms with E-state index < -0.39 is 0 Å². The molecule has 172 valence electrons. The smallest absolute Gasteiger partial charge is 0.290 e. The number of amides is 3. The van der Waals surface area contributed by atoms with Gasteiger partial charge in [0.25, 0.3) is 6.47 Å². The maximum absolute atomic E-state index is 12.9. The van der Waals surface area contributed by atoms with Crippen LogP contribution in [0.5, 0.6) is 0 Å². The van der Waals surface area contributed by atoms with Crippen molar-refractivity contribution in [1.29, 1.82) is 0 Å². The Labute approximate surface area is 188 Å². The molecule has 3 aliphatic heterocycles. The van der Waals surface area contributed by atoms with Crippen molar-refractivity contribution in [2.24, 2.45) is 11.8 Å². The summed E-state index contributed by atoms with van der Waals surface area (Å²) in [4.78, 5) is 49.5. The lowest BCUT2D eigenvalue weighted by atomic mass is 9.72. The number of hydrogen-bond donors (Lipinski definition) is 2. The quantitative estimate of drug-likeness (QED) is 0.547. The Morgan fingerprint density at radius 2 is 1.88 bits per heavy atom. The van der Waals surface area contributed by atoms with Gasteiger partial charge in [-0.05, 0) is 42.7 Å². The van der Waals surface area contributed by atoms with Crippen LogP contribution in [0.25, 0.3) is 6.08 Å². The van der Waals surface area contributed by atoms with E-state index in [1.54, 1.807) is 6.08 Å². The number of likely N-dealkylation sites (tertiary alicyclic amines) is 1. The number of nitrogens with one attached hydrogen (secondary N) is 1. The van der Waals surface area contributed by atoms with Crippen molar-refractivity contribution in [3.63, 3.8) is 0 Å². The molecule has 0 unspecified atom stereocenters. The van der Waals surface area contributed by atoms with E-state index in [0.717, 1.165) is 24.8 Å². The number of carboxylic acid groups (broad SMARTS) is 1. The molecule has 0 radical (unpaired) electrons. The van der Waals surface area contributed by atoms with Gasteiger partial charge in [-0.15, -0.1) is 0 Å². The van der Waals surface area contributed by atoms with Gasteiger partial charge in [-0.2, -0.15) is 0 Å². The van der Waals surface area contributed by atoms with Gasteiger partial charge in [0.2, 0.25) is 17.7 Å². The number of carbonyl (C=O) groups excluding carboxylic acids is 3. The number of fused-ring (bicyclic) bond motifs is 4. The van der Waals surface area contributed by atoms with Crippen molar-refractivity contribution in [3.05, 3.63) is 42.0 Å². The summed E-state index contributed by atoms with van der Waals surface area (Å²) >= 11 is 0. The largest absolute Gasteiger partial charge is 0.483 e. The van der Waals surface area contributed by atoms with Crippen LogP contribution < -0.4 is 5.32 Å². The second-order valence-electron chi connectivity index (χ2n) is 8.61. The van der Waals surface area contributed by atoms with Crippen LogP contribution in [0.1, 0.15) is 38.2 Å². The van der Waals surface area contributed by atoms with E-state index in [1.165, 1.54) is 6.92 Å². The van der Waals surface area contributed by atoms with Gasteiger partial charge in [0.1, 0.15) is 0 Å². The third kappa shape index (κ3) is 5.55. The van der Waals surface area contributed by atoms with Gasteiger partial charge in [-0.1, -0.05) is 30.3 Å². The zero-order valence-corrected chi connectivity index (χ0v) is 18.4. The van der Waals surface area contributed by atoms with Crippen molar-refractivity contribution >= 4 is 30.3 Å². The van der Waals surface area contributed by atoms with E-state index in [9.17, 15) is 14.4 Å². The van der Waals surface area contributed by atoms with Gasteiger partial charge >= 0.3 is 0 Å². The van der Waals surface area contributed by atoms with Crippen LogP contribution >= 0.6 is 0 Å². The number of carbonyl (C=O) groups is 4. The Balaban J connectivity index is 0.000000913. The highest BCUT2D eigenvalue weighted by molar-refractivity contribution is 5.92. The second kappa shape index (κ2) is 10.9. The van der Waals surface area contributed by atoms with Gasteiger partial charge in [0.15, 0.2) is 0 Å².